The van der Waals surface area contributed by atoms with E-state index in [1.807, 2.05) is 0 Å². The van der Waals surface area contributed by atoms with Crippen molar-refractivity contribution < 1.29 is 14.6 Å². The van der Waals surface area contributed by atoms with Gasteiger partial charge in [0.1, 0.15) is 0 Å². The van der Waals surface area contributed by atoms with Crippen molar-refractivity contribution in [2.24, 2.45) is 5.92 Å². The maximum Gasteiger partial charge on any atom is 0.0724 e. The summed E-state index contributed by atoms with van der Waals surface area (Å²) in [5, 5.41) is 10.8. The zero-order valence-electron chi connectivity index (χ0n) is 10.3. The monoisotopic (exact) mass is 228 g/mol. The number of ether oxygens (including phenoxy) is 2. The van der Waals surface area contributed by atoms with Crippen LogP contribution in [0, 0.1) is 5.92 Å². The first-order valence-electron chi connectivity index (χ1n) is 6.66. The van der Waals surface area contributed by atoms with Crippen molar-refractivity contribution in [1.29, 1.82) is 0 Å². The molecule has 0 bridgehead atoms. The Morgan fingerprint density at radius 1 is 1.25 bits per heavy atom. The SMILES string of the molecule is CCCC1CC(O)(C2CCOCC2)CCO1. The van der Waals surface area contributed by atoms with Crippen molar-refractivity contribution in [3.63, 3.8) is 0 Å². The van der Waals surface area contributed by atoms with Gasteiger partial charge in [0.15, 0.2) is 0 Å². The van der Waals surface area contributed by atoms with Crippen LogP contribution < -0.4 is 0 Å². The molecule has 0 aromatic rings. The van der Waals surface area contributed by atoms with Crippen molar-refractivity contribution in [1.82, 2.24) is 0 Å². The van der Waals surface area contributed by atoms with Crippen molar-refractivity contribution >= 4 is 0 Å². The van der Waals surface area contributed by atoms with E-state index in [2.05, 4.69) is 6.92 Å². The van der Waals surface area contributed by atoms with Crippen LogP contribution in [0.5, 0.6) is 0 Å². The molecule has 2 unspecified atom stereocenters. The predicted molar refractivity (Wildman–Crippen MR) is 62.4 cm³/mol. The van der Waals surface area contributed by atoms with Crippen molar-refractivity contribution in [2.45, 2.75) is 57.2 Å². The van der Waals surface area contributed by atoms with Gasteiger partial charge in [-0.1, -0.05) is 13.3 Å². The lowest BCUT2D eigenvalue weighted by Crippen LogP contribution is -2.48. The summed E-state index contributed by atoms with van der Waals surface area (Å²) in [7, 11) is 0. The topological polar surface area (TPSA) is 38.7 Å². The van der Waals surface area contributed by atoms with E-state index in [0.29, 0.717) is 5.92 Å². The van der Waals surface area contributed by atoms with E-state index in [1.165, 1.54) is 0 Å². The van der Waals surface area contributed by atoms with E-state index < -0.39 is 5.60 Å². The third-order valence-corrected chi connectivity index (χ3v) is 4.06. The lowest BCUT2D eigenvalue weighted by molar-refractivity contribution is -0.149. The Labute approximate surface area is 98.1 Å². The van der Waals surface area contributed by atoms with Gasteiger partial charge in [0.25, 0.3) is 0 Å². The molecule has 0 aromatic carbocycles. The Kier molecular flexibility index (Phi) is 4.22. The summed E-state index contributed by atoms with van der Waals surface area (Å²) >= 11 is 0. The van der Waals surface area contributed by atoms with E-state index >= 15 is 0 Å². The van der Waals surface area contributed by atoms with Crippen LogP contribution in [-0.4, -0.2) is 36.6 Å². The molecule has 2 heterocycles. The van der Waals surface area contributed by atoms with Gasteiger partial charge in [0.05, 0.1) is 11.7 Å². The molecule has 2 rings (SSSR count). The lowest BCUT2D eigenvalue weighted by atomic mass is 9.75. The summed E-state index contributed by atoms with van der Waals surface area (Å²) in [6, 6.07) is 0. The van der Waals surface area contributed by atoms with Gasteiger partial charge < -0.3 is 14.6 Å². The van der Waals surface area contributed by atoms with Crippen LogP contribution >= 0.6 is 0 Å². The molecule has 0 amide bonds. The molecule has 2 saturated heterocycles. The number of hydrogen-bond donors (Lipinski definition) is 1. The molecule has 2 atom stereocenters. The molecule has 0 aromatic heterocycles. The highest BCUT2D eigenvalue weighted by Gasteiger charge is 2.41. The van der Waals surface area contributed by atoms with Gasteiger partial charge in [-0.25, -0.2) is 0 Å². The second kappa shape index (κ2) is 5.48. The molecule has 0 spiro atoms. The largest absolute Gasteiger partial charge is 0.389 e. The summed E-state index contributed by atoms with van der Waals surface area (Å²) in [4.78, 5) is 0. The maximum absolute atomic E-state index is 10.8. The minimum Gasteiger partial charge on any atom is -0.389 e. The van der Waals surface area contributed by atoms with Gasteiger partial charge in [0.2, 0.25) is 0 Å². The molecule has 2 fully saturated rings. The van der Waals surface area contributed by atoms with Gasteiger partial charge >= 0.3 is 0 Å². The zero-order valence-corrected chi connectivity index (χ0v) is 10.3. The molecule has 1 N–H and O–H groups in total. The molecule has 2 aliphatic rings. The van der Waals surface area contributed by atoms with Crippen LogP contribution in [0.4, 0.5) is 0 Å². The maximum atomic E-state index is 10.8. The third-order valence-electron chi connectivity index (χ3n) is 4.06. The van der Waals surface area contributed by atoms with Crippen LogP contribution in [-0.2, 0) is 9.47 Å². The summed E-state index contributed by atoms with van der Waals surface area (Å²) < 4.78 is 11.1. The van der Waals surface area contributed by atoms with Crippen LogP contribution in [0.3, 0.4) is 0 Å². The molecule has 0 aliphatic carbocycles. The first-order chi connectivity index (χ1) is 7.74. The second-order valence-corrected chi connectivity index (χ2v) is 5.23. The van der Waals surface area contributed by atoms with Crippen LogP contribution in [0.25, 0.3) is 0 Å². The Hall–Kier alpha value is -0.120. The smallest absolute Gasteiger partial charge is 0.0724 e. The van der Waals surface area contributed by atoms with E-state index in [0.717, 1.165) is 58.3 Å². The Morgan fingerprint density at radius 2 is 2.00 bits per heavy atom. The van der Waals surface area contributed by atoms with Gasteiger partial charge in [-0.3, -0.25) is 0 Å². The van der Waals surface area contributed by atoms with Crippen LogP contribution in [0.1, 0.15) is 45.4 Å². The normalized spacial score (nSPS) is 37.5. The van der Waals surface area contributed by atoms with E-state index in [-0.39, 0.29) is 6.10 Å². The van der Waals surface area contributed by atoms with Gasteiger partial charge in [-0.15, -0.1) is 0 Å². The molecule has 2 aliphatic heterocycles. The van der Waals surface area contributed by atoms with Crippen molar-refractivity contribution in [3.05, 3.63) is 0 Å². The second-order valence-electron chi connectivity index (χ2n) is 5.23. The molecular weight excluding hydrogens is 204 g/mol. The molecule has 3 heteroatoms. The summed E-state index contributed by atoms with van der Waals surface area (Å²) in [5.41, 5.74) is -0.484. The van der Waals surface area contributed by atoms with E-state index in [4.69, 9.17) is 9.47 Å². The lowest BCUT2D eigenvalue weighted by Gasteiger charge is -2.43. The predicted octanol–water partition coefficient (Wildman–Crippen LogP) is 2.12. The van der Waals surface area contributed by atoms with Crippen LogP contribution in [0.2, 0.25) is 0 Å². The standard InChI is InChI=1S/C13H24O3/c1-2-3-12-10-13(14,6-9-16-12)11-4-7-15-8-5-11/h11-12,14H,2-10H2,1H3. The fourth-order valence-corrected chi connectivity index (χ4v) is 3.07. The average Bonchev–Trinajstić information content (AvgIpc) is 2.31. The summed E-state index contributed by atoms with van der Waals surface area (Å²) in [5.74, 6) is 0.421. The van der Waals surface area contributed by atoms with Crippen LogP contribution in [0.15, 0.2) is 0 Å². The molecule has 16 heavy (non-hydrogen) atoms. The highest BCUT2D eigenvalue weighted by molar-refractivity contribution is 4.92. The molecular formula is C13H24O3. The minimum absolute atomic E-state index is 0.270. The van der Waals surface area contributed by atoms with E-state index in [1.54, 1.807) is 0 Å². The Bertz CT molecular complexity index is 211. The van der Waals surface area contributed by atoms with Gasteiger partial charge in [0, 0.05) is 26.2 Å². The quantitative estimate of drug-likeness (QED) is 0.804. The molecule has 0 saturated carbocycles. The Morgan fingerprint density at radius 3 is 2.69 bits per heavy atom. The minimum atomic E-state index is -0.484. The first kappa shape index (κ1) is 12.3. The zero-order chi connectivity index (χ0) is 11.4. The molecule has 94 valence electrons. The highest BCUT2D eigenvalue weighted by Crippen LogP contribution is 2.38. The Balaban J connectivity index is 1.93. The average molecular weight is 228 g/mol. The van der Waals surface area contributed by atoms with E-state index in [9.17, 15) is 5.11 Å². The number of aliphatic hydroxyl groups is 1. The summed E-state index contributed by atoms with van der Waals surface area (Å²) in [6.45, 7) is 4.52. The van der Waals surface area contributed by atoms with Crippen molar-refractivity contribution in [3.8, 4) is 0 Å². The number of rotatable bonds is 3. The fraction of sp³-hybridized carbons (Fsp3) is 1.00. The van der Waals surface area contributed by atoms with Gasteiger partial charge in [-0.2, -0.15) is 0 Å². The summed E-state index contributed by atoms with van der Waals surface area (Å²) in [6.07, 6.45) is 6.13. The fourth-order valence-electron chi connectivity index (χ4n) is 3.07. The number of hydrogen-bond acceptors (Lipinski definition) is 3. The first-order valence-corrected chi connectivity index (χ1v) is 6.66. The van der Waals surface area contributed by atoms with Crippen molar-refractivity contribution in [2.75, 3.05) is 19.8 Å². The third kappa shape index (κ3) is 2.76. The molecule has 3 nitrogen and oxygen atoms in total. The molecule has 0 radical (unpaired) electrons. The van der Waals surface area contributed by atoms with Gasteiger partial charge in [-0.05, 0) is 31.6 Å². The highest BCUT2D eigenvalue weighted by atomic mass is 16.5.